The third-order valence-electron chi connectivity index (χ3n) is 7.02. The van der Waals surface area contributed by atoms with Crippen molar-refractivity contribution in [2.75, 3.05) is 18.1 Å². The fourth-order valence-corrected chi connectivity index (χ4v) is 6.27. The van der Waals surface area contributed by atoms with Crippen molar-refractivity contribution in [2.24, 2.45) is 0 Å². The lowest BCUT2D eigenvalue weighted by Gasteiger charge is -2.23. The number of ether oxygens (including phenoxy) is 3. The first-order chi connectivity index (χ1) is 19.9. The first-order valence-corrected chi connectivity index (χ1v) is 14.2. The van der Waals surface area contributed by atoms with E-state index in [1.165, 1.54) is 16.2 Å². The molecule has 0 spiro atoms. The molecule has 0 bridgehead atoms. The van der Waals surface area contributed by atoms with Gasteiger partial charge in [0.1, 0.15) is 35.7 Å². The highest BCUT2D eigenvalue weighted by molar-refractivity contribution is 7.22. The van der Waals surface area contributed by atoms with Crippen molar-refractivity contribution in [3.63, 3.8) is 0 Å². The molecule has 1 aromatic heterocycles. The average Bonchev–Trinajstić information content (AvgIpc) is 3.63. The Morgan fingerprint density at radius 3 is 2.78 bits per heavy atom. The summed E-state index contributed by atoms with van der Waals surface area (Å²) < 4.78 is 18.0. The summed E-state index contributed by atoms with van der Waals surface area (Å²) in [6, 6.07) is 17.0. The van der Waals surface area contributed by atoms with E-state index in [4.69, 9.17) is 19.2 Å². The standard InChI is InChI=1S/C32H28N2O6S/c1-4-13-39-22-8-6-7-19(16-22)28-27(29(35)20-9-12-25-21(15-20)14-18(3)40-25)30(36)31(37)34(28)32-33-24-11-10-23(38-5-2)17-26(24)41-32/h4,6-12,15-18,28,35H,1,5,13-14H2,2-3H3/t18-,28-/m0/s1. The number of carbonyl (C=O) groups is 2. The fraction of sp³-hybridized carbons (Fsp3) is 0.219. The molecular weight excluding hydrogens is 540 g/mol. The van der Waals surface area contributed by atoms with Gasteiger partial charge in [-0.1, -0.05) is 36.1 Å². The molecule has 3 heterocycles. The highest BCUT2D eigenvalue weighted by Gasteiger charge is 2.48. The average molecular weight is 569 g/mol. The van der Waals surface area contributed by atoms with Crippen LogP contribution >= 0.6 is 11.3 Å². The molecular formula is C32H28N2O6S. The quantitative estimate of drug-likeness (QED) is 0.117. The van der Waals surface area contributed by atoms with Gasteiger partial charge in [0, 0.05) is 12.0 Å². The van der Waals surface area contributed by atoms with Gasteiger partial charge in [0.25, 0.3) is 5.78 Å². The first-order valence-electron chi connectivity index (χ1n) is 13.4. The zero-order chi connectivity index (χ0) is 28.7. The van der Waals surface area contributed by atoms with Crippen molar-refractivity contribution in [1.29, 1.82) is 0 Å². The number of amides is 1. The molecule has 2 atom stereocenters. The van der Waals surface area contributed by atoms with Gasteiger partial charge in [0.15, 0.2) is 5.13 Å². The summed E-state index contributed by atoms with van der Waals surface area (Å²) in [5.41, 5.74) is 2.62. The van der Waals surface area contributed by atoms with Crippen molar-refractivity contribution >= 4 is 44.1 Å². The maximum Gasteiger partial charge on any atom is 0.301 e. The number of Topliss-reactive ketones (excluding diaryl/α,β-unsaturated/α-hetero) is 1. The van der Waals surface area contributed by atoms with Crippen LogP contribution in [0.15, 0.2) is 78.9 Å². The second kappa shape index (κ2) is 10.7. The predicted octanol–water partition coefficient (Wildman–Crippen LogP) is 6.21. The molecule has 208 valence electrons. The Kier molecular flexibility index (Phi) is 6.96. The van der Waals surface area contributed by atoms with Gasteiger partial charge in [-0.3, -0.25) is 14.5 Å². The Hall–Kier alpha value is -4.63. The van der Waals surface area contributed by atoms with Crippen molar-refractivity contribution in [1.82, 2.24) is 4.98 Å². The summed E-state index contributed by atoms with van der Waals surface area (Å²) in [6.07, 6.45) is 2.34. The van der Waals surface area contributed by atoms with E-state index in [0.29, 0.717) is 52.9 Å². The molecule has 41 heavy (non-hydrogen) atoms. The van der Waals surface area contributed by atoms with Gasteiger partial charge in [0.2, 0.25) is 0 Å². The van der Waals surface area contributed by atoms with Crippen molar-refractivity contribution in [3.05, 3.63) is 95.6 Å². The molecule has 8 nitrogen and oxygen atoms in total. The van der Waals surface area contributed by atoms with Crippen LogP contribution in [-0.4, -0.2) is 41.1 Å². The number of nitrogens with zero attached hydrogens (tertiary/aromatic N) is 2. The van der Waals surface area contributed by atoms with Crippen LogP contribution in [-0.2, 0) is 16.0 Å². The van der Waals surface area contributed by atoms with E-state index in [1.54, 1.807) is 42.5 Å². The van der Waals surface area contributed by atoms with Gasteiger partial charge < -0.3 is 19.3 Å². The summed E-state index contributed by atoms with van der Waals surface area (Å²) >= 11 is 1.28. The molecule has 1 fully saturated rings. The topological polar surface area (TPSA) is 98.2 Å². The third-order valence-corrected chi connectivity index (χ3v) is 8.04. The van der Waals surface area contributed by atoms with E-state index in [9.17, 15) is 14.7 Å². The number of rotatable bonds is 8. The summed E-state index contributed by atoms with van der Waals surface area (Å²) in [6.45, 7) is 8.38. The lowest BCUT2D eigenvalue weighted by atomic mass is 9.94. The van der Waals surface area contributed by atoms with Gasteiger partial charge in [0.05, 0.1) is 28.4 Å². The van der Waals surface area contributed by atoms with E-state index in [1.807, 2.05) is 38.1 Å². The zero-order valence-corrected chi connectivity index (χ0v) is 23.4. The van der Waals surface area contributed by atoms with Crippen LogP contribution in [0.5, 0.6) is 17.2 Å². The minimum atomic E-state index is -0.933. The van der Waals surface area contributed by atoms with E-state index >= 15 is 0 Å². The third kappa shape index (κ3) is 4.82. The summed E-state index contributed by atoms with van der Waals surface area (Å²) in [5.74, 6) is 0.174. The highest BCUT2D eigenvalue weighted by Crippen LogP contribution is 2.45. The lowest BCUT2D eigenvalue weighted by Crippen LogP contribution is -2.29. The van der Waals surface area contributed by atoms with Gasteiger partial charge in [-0.25, -0.2) is 4.98 Å². The number of fused-ring (bicyclic) bond motifs is 2. The molecule has 2 aliphatic rings. The molecule has 0 aliphatic carbocycles. The number of aliphatic hydroxyl groups is 1. The van der Waals surface area contributed by atoms with Crippen LogP contribution in [0.2, 0.25) is 0 Å². The van der Waals surface area contributed by atoms with Gasteiger partial charge in [-0.05, 0) is 73.5 Å². The van der Waals surface area contributed by atoms with Crippen LogP contribution in [0, 0.1) is 0 Å². The number of hydrogen-bond acceptors (Lipinski definition) is 8. The van der Waals surface area contributed by atoms with Crippen LogP contribution in [0.4, 0.5) is 5.13 Å². The number of carbonyl (C=O) groups excluding carboxylic acids is 2. The van der Waals surface area contributed by atoms with Crippen molar-refractivity contribution in [2.45, 2.75) is 32.4 Å². The molecule has 1 N–H and O–H groups in total. The summed E-state index contributed by atoms with van der Waals surface area (Å²) in [5, 5.41) is 12.0. The van der Waals surface area contributed by atoms with E-state index < -0.39 is 17.7 Å². The smallest absolute Gasteiger partial charge is 0.301 e. The van der Waals surface area contributed by atoms with Gasteiger partial charge >= 0.3 is 5.91 Å². The Bertz CT molecular complexity index is 1720. The number of hydrogen-bond donors (Lipinski definition) is 1. The van der Waals surface area contributed by atoms with E-state index in [0.717, 1.165) is 16.0 Å². The number of thiazole rings is 1. The Balaban J connectivity index is 1.51. The minimum absolute atomic E-state index is 0.0166. The summed E-state index contributed by atoms with van der Waals surface area (Å²) in [7, 11) is 0. The Labute approximate surface area is 241 Å². The second-order valence-electron chi connectivity index (χ2n) is 9.86. The van der Waals surface area contributed by atoms with Gasteiger partial charge in [-0.15, -0.1) is 0 Å². The molecule has 1 amide bonds. The molecule has 0 saturated carbocycles. The van der Waals surface area contributed by atoms with Crippen LogP contribution in [0.3, 0.4) is 0 Å². The molecule has 0 unspecified atom stereocenters. The van der Waals surface area contributed by atoms with Crippen molar-refractivity contribution in [3.8, 4) is 17.2 Å². The monoisotopic (exact) mass is 568 g/mol. The largest absolute Gasteiger partial charge is 0.507 e. The Morgan fingerprint density at radius 2 is 1.98 bits per heavy atom. The van der Waals surface area contributed by atoms with Gasteiger partial charge in [-0.2, -0.15) is 0 Å². The fourth-order valence-electron chi connectivity index (χ4n) is 5.25. The lowest BCUT2D eigenvalue weighted by molar-refractivity contribution is -0.132. The number of aliphatic hydroxyl groups excluding tert-OH is 1. The maximum atomic E-state index is 13.7. The van der Waals surface area contributed by atoms with Crippen LogP contribution in [0.1, 0.15) is 36.6 Å². The molecule has 1 saturated heterocycles. The molecule has 0 radical (unpaired) electrons. The van der Waals surface area contributed by atoms with Crippen LogP contribution in [0.25, 0.3) is 16.0 Å². The molecule has 3 aromatic carbocycles. The first kappa shape index (κ1) is 26.6. The number of aromatic nitrogens is 1. The highest BCUT2D eigenvalue weighted by atomic mass is 32.1. The SMILES string of the molecule is C=CCOc1cccc([C@H]2C(=C(O)c3ccc4c(c3)C[C@H](C)O4)C(=O)C(=O)N2c2nc3ccc(OCC)cc3s2)c1. The number of benzene rings is 3. The minimum Gasteiger partial charge on any atom is -0.507 e. The normalized spacial score (nSPS) is 19.3. The molecule has 6 rings (SSSR count). The molecule has 4 aromatic rings. The maximum absolute atomic E-state index is 13.7. The molecule has 9 heteroatoms. The second-order valence-corrected chi connectivity index (χ2v) is 10.9. The van der Waals surface area contributed by atoms with Crippen LogP contribution < -0.4 is 19.1 Å². The molecule has 2 aliphatic heterocycles. The Morgan fingerprint density at radius 1 is 1.15 bits per heavy atom. The van der Waals surface area contributed by atoms with Crippen molar-refractivity contribution < 1.29 is 28.9 Å². The zero-order valence-electron chi connectivity index (χ0n) is 22.6. The number of anilines is 1. The van der Waals surface area contributed by atoms with E-state index in [2.05, 4.69) is 6.58 Å². The number of ketones is 1. The predicted molar refractivity (Wildman–Crippen MR) is 158 cm³/mol. The summed E-state index contributed by atoms with van der Waals surface area (Å²) in [4.78, 5) is 33.4. The van der Waals surface area contributed by atoms with E-state index in [-0.39, 0.29) is 17.4 Å².